The molecule has 2 amide bonds. The van der Waals surface area contributed by atoms with E-state index >= 15 is 0 Å². The minimum absolute atomic E-state index is 0.138. The smallest absolute Gasteiger partial charge is 0.304 e. The predicted molar refractivity (Wildman–Crippen MR) is 135 cm³/mol. The van der Waals surface area contributed by atoms with Crippen LogP contribution in [0, 0.1) is 5.82 Å². The summed E-state index contributed by atoms with van der Waals surface area (Å²) < 4.78 is 41.6. The summed E-state index contributed by atoms with van der Waals surface area (Å²) in [5.41, 5.74) is 0.956. The maximum absolute atomic E-state index is 13.6. The molecular weight excluding hydrogens is 471 g/mol. The van der Waals surface area contributed by atoms with Crippen LogP contribution in [-0.4, -0.2) is 62.7 Å². The monoisotopic (exact) mass is 506 g/mol. The standard InChI is InChI=1S/C25H35FN4O4S/c1-5-7-17-27-25(32)23(6-2)29(18-20-11-9-8-10-12-20)24(31)19-30(35(33,34)28(3)4)22-15-13-21(26)14-16-22/h8-16,23H,5-7,17-19H2,1-4H3,(H,27,32)/t23-/m1/s1. The van der Waals surface area contributed by atoms with E-state index in [1.54, 1.807) is 0 Å². The van der Waals surface area contributed by atoms with Gasteiger partial charge in [-0.3, -0.25) is 9.59 Å². The summed E-state index contributed by atoms with van der Waals surface area (Å²) in [5.74, 6) is -1.35. The Morgan fingerprint density at radius 2 is 1.63 bits per heavy atom. The zero-order valence-corrected chi connectivity index (χ0v) is 21.6. The van der Waals surface area contributed by atoms with Crippen molar-refractivity contribution < 1.29 is 22.4 Å². The number of hydrogen-bond donors (Lipinski definition) is 1. The number of benzene rings is 2. The highest BCUT2D eigenvalue weighted by atomic mass is 32.2. The second-order valence-electron chi connectivity index (χ2n) is 8.35. The molecule has 10 heteroatoms. The van der Waals surface area contributed by atoms with Gasteiger partial charge in [0.25, 0.3) is 0 Å². The molecule has 0 aliphatic heterocycles. The molecule has 0 saturated carbocycles. The summed E-state index contributed by atoms with van der Waals surface area (Å²) in [6.45, 7) is 3.92. The highest BCUT2D eigenvalue weighted by Gasteiger charge is 2.33. The Morgan fingerprint density at radius 3 is 2.17 bits per heavy atom. The topological polar surface area (TPSA) is 90.0 Å². The second kappa shape index (κ2) is 13.2. The lowest BCUT2D eigenvalue weighted by atomic mass is 10.1. The summed E-state index contributed by atoms with van der Waals surface area (Å²) in [6, 6.07) is 13.3. The lowest BCUT2D eigenvalue weighted by Gasteiger charge is -2.34. The van der Waals surface area contributed by atoms with Crippen molar-refractivity contribution in [3.05, 3.63) is 66.0 Å². The van der Waals surface area contributed by atoms with Crippen molar-refractivity contribution >= 4 is 27.7 Å². The first-order chi connectivity index (χ1) is 16.6. The van der Waals surface area contributed by atoms with E-state index in [4.69, 9.17) is 0 Å². The number of anilines is 1. The van der Waals surface area contributed by atoms with Gasteiger partial charge in [0.1, 0.15) is 18.4 Å². The maximum Gasteiger partial charge on any atom is 0.304 e. The number of halogens is 1. The molecule has 1 N–H and O–H groups in total. The number of nitrogens with zero attached hydrogens (tertiary/aromatic N) is 3. The van der Waals surface area contributed by atoms with Crippen LogP contribution in [-0.2, 0) is 26.3 Å². The van der Waals surface area contributed by atoms with Gasteiger partial charge in [0.2, 0.25) is 11.8 Å². The van der Waals surface area contributed by atoms with E-state index in [1.165, 1.54) is 31.1 Å². The molecule has 2 aromatic carbocycles. The maximum atomic E-state index is 13.6. The molecule has 35 heavy (non-hydrogen) atoms. The summed E-state index contributed by atoms with van der Waals surface area (Å²) in [7, 11) is -1.37. The average molecular weight is 507 g/mol. The van der Waals surface area contributed by atoms with Crippen molar-refractivity contribution in [2.45, 2.75) is 45.7 Å². The quantitative estimate of drug-likeness (QED) is 0.423. The lowest BCUT2D eigenvalue weighted by Crippen LogP contribution is -2.53. The number of carbonyl (C=O) groups is 2. The van der Waals surface area contributed by atoms with E-state index in [-0.39, 0.29) is 18.1 Å². The summed E-state index contributed by atoms with van der Waals surface area (Å²) in [4.78, 5) is 28.1. The van der Waals surface area contributed by atoms with Gasteiger partial charge in [0, 0.05) is 27.2 Å². The molecular formula is C25H35FN4O4S. The zero-order valence-electron chi connectivity index (χ0n) is 20.8. The fourth-order valence-corrected chi connectivity index (χ4v) is 4.59. The fraction of sp³-hybridized carbons (Fsp3) is 0.440. The molecule has 0 fully saturated rings. The largest absolute Gasteiger partial charge is 0.354 e. The molecule has 0 radical (unpaired) electrons. The predicted octanol–water partition coefficient (Wildman–Crippen LogP) is 3.16. The van der Waals surface area contributed by atoms with Crippen LogP contribution in [0.15, 0.2) is 54.6 Å². The van der Waals surface area contributed by atoms with Gasteiger partial charge in [-0.05, 0) is 42.7 Å². The molecule has 0 aliphatic carbocycles. The molecule has 0 bridgehead atoms. The van der Waals surface area contributed by atoms with E-state index in [9.17, 15) is 22.4 Å². The zero-order chi connectivity index (χ0) is 26.0. The van der Waals surface area contributed by atoms with Crippen molar-refractivity contribution in [2.75, 3.05) is 31.5 Å². The van der Waals surface area contributed by atoms with Crippen LogP contribution < -0.4 is 9.62 Å². The lowest BCUT2D eigenvalue weighted by molar-refractivity contribution is -0.140. The Morgan fingerprint density at radius 1 is 1.00 bits per heavy atom. The van der Waals surface area contributed by atoms with Gasteiger partial charge in [0.05, 0.1) is 5.69 Å². The van der Waals surface area contributed by atoms with Gasteiger partial charge in [0.15, 0.2) is 0 Å². The third-order valence-corrected chi connectivity index (χ3v) is 7.36. The highest BCUT2D eigenvalue weighted by molar-refractivity contribution is 7.90. The van der Waals surface area contributed by atoms with Gasteiger partial charge >= 0.3 is 10.2 Å². The Hall–Kier alpha value is -2.98. The minimum atomic E-state index is -4.08. The number of rotatable bonds is 13. The number of carbonyl (C=O) groups excluding carboxylic acids is 2. The van der Waals surface area contributed by atoms with E-state index < -0.39 is 34.5 Å². The molecule has 0 unspecified atom stereocenters. The molecule has 192 valence electrons. The number of unbranched alkanes of at least 4 members (excludes halogenated alkanes) is 1. The molecule has 0 aromatic heterocycles. The third kappa shape index (κ3) is 7.76. The van der Waals surface area contributed by atoms with Crippen LogP contribution in [0.25, 0.3) is 0 Å². The molecule has 0 heterocycles. The van der Waals surface area contributed by atoms with Crippen molar-refractivity contribution in [1.82, 2.24) is 14.5 Å². The van der Waals surface area contributed by atoms with Gasteiger partial charge in [-0.25, -0.2) is 8.70 Å². The summed E-state index contributed by atoms with van der Waals surface area (Å²) >= 11 is 0. The van der Waals surface area contributed by atoms with Crippen LogP contribution in [0.3, 0.4) is 0 Å². The Labute approximate surface area is 207 Å². The molecule has 8 nitrogen and oxygen atoms in total. The van der Waals surface area contributed by atoms with Gasteiger partial charge in [-0.15, -0.1) is 0 Å². The molecule has 0 aliphatic rings. The molecule has 2 aromatic rings. The Bertz CT molecular complexity index is 1060. The van der Waals surface area contributed by atoms with Crippen molar-refractivity contribution in [2.24, 2.45) is 0 Å². The van der Waals surface area contributed by atoms with Crippen molar-refractivity contribution in [3.63, 3.8) is 0 Å². The molecule has 2 rings (SSSR count). The summed E-state index contributed by atoms with van der Waals surface area (Å²) in [5, 5.41) is 2.88. The second-order valence-corrected chi connectivity index (χ2v) is 10.4. The van der Waals surface area contributed by atoms with Gasteiger partial charge in [-0.2, -0.15) is 12.7 Å². The average Bonchev–Trinajstić information content (AvgIpc) is 2.83. The third-order valence-electron chi connectivity index (χ3n) is 5.54. The molecule has 1 atom stereocenters. The summed E-state index contributed by atoms with van der Waals surface area (Å²) in [6.07, 6.45) is 2.08. The van der Waals surface area contributed by atoms with E-state index in [2.05, 4.69) is 5.32 Å². The first-order valence-corrected chi connectivity index (χ1v) is 13.1. The van der Waals surface area contributed by atoms with E-state index in [0.29, 0.717) is 13.0 Å². The fourth-order valence-electron chi connectivity index (χ4n) is 3.53. The van der Waals surface area contributed by atoms with Crippen LogP contribution in [0.1, 0.15) is 38.7 Å². The number of amides is 2. The van der Waals surface area contributed by atoms with Crippen molar-refractivity contribution in [1.29, 1.82) is 0 Å². The van der Waals surface area contributed by atoms with Crippen LogP contribution >= 0.6 is 0 Å². The van der Waals surface area contributed by atoms with Gasteiger partial charge in [-0.1, -0.05) is 50.6 Å². The van der Waals surface area contributed by atoms with Crippen molar-refractivity contribution in [3.8, 4) is 0 Å². The van der Waals surface area contributed by atoms with Crippen LogP contribution in [0.5, 0.6) is 0 Å². The van der Waals surface area contributed by atoms with Crippen LogP contribution in [0.4, 0.5) is 10.1 Å². The normalized spacial score (nSPS) is 12.3. The SMILES string of the molecule is CCCCNC(=O)[C@@H](CC)N(Cc1ccccc1)C(=O)CN(c1ccc(F)cc1)S(=O)(=O)N(C)C. The first kappa shape index (κ1) is 28.3. The number of hydrogen-bond acceptors (Lipinski definition) is 4. The molecule has 0 spiro atoms. The Kier molecular flexibility index (Phi) is 10.7. The highest BCUT2D eigenvalue weighted by Crippen LogP contribution is 2.21. The number of nitrogens with one attached hydrogen (secondary N) is 1. The molecule has 0 saturated heterocycles. The first-order valence-electron chi connectivity index (χ1n) is 11.7. The minimum Gasteiger partial charge on any atom is -0.354 e. The van der Waals surface area contributed by atoms with E-state index in [1.807, 2.05) is 44.2 Å². The Balaban J connectivity index is 2.43. The van der Waals surface area contributed by atoms with Crippen LogP contribution in [0.2, 0.25) is 0 Å². The van der Waals surface area contributed by atoms with Gasteiger partial charge < -0.3 is 10.2 Å². The van der Waals surface area contributed by atoms with E-state index in [0.717, 1.165) is 39.1 Å².